The van der Waals surface area contributed by atoms with E-state index in [2.05, 4.69) is 24.1 Å². The second-order valence-electron chi connectivity index (χ2n) is 10.3. The van der Waals surface area contributed by atoms with Crippen LogP contribution in [0.2, 0.25) is 0 Å². The molecule has 4 rings (SSSR count). The van der Waals surface area contributed by atoms with Gasteiger partial charge in [0.1, 0.15) is 23.9 Å². The fourth-order valence-corrected chi connectivity index (χ4v) is 4.91. The van der Waals surface area contributed by atoms with Crippen molar-refractivity contribution in [3.63, 3.8) is 0 Å². The van der Waals surface area contributed by atoms with E-state index < -0.39 is 12.0 Å². The van der Waals surface area contributed by atoms with Crippen molar-refractivity contribution in [2.45, 2.75) is 52.0 Å². The van der Waals surface area contributed by atoms with E-state index in [-0.39, 0.29) is 18.2 Å². The number of nitrogens with one attached hydrogen (secondary N) is 1. The molecule has 1 heterocycles. The number of amides is 1. The maximum Gasteiger partial charge on any atom is 0.326 e. The number of oxazole rings is 1. The standard InChI is InChI=1S/C29H37N3O5/c1-19(2)21-10-12-22(13-11-21)27(33)30-25(28(34)35)18-20-8-14-23(15-9-20)36-17-16-32(3)29-31-24-6-4-5-7-26(24)37-29/h4-9,14-15,19,21-22,25H,10-13,16-18H2,1-3H3,(H,30,33)(H,34,35)/t21?,22?,25-/m0/s1. The van der Waals surface area contributed by atoms with E-state index in [1.807, 2.05) is 60.5 Å². The molecule has 0 radical (unpaired) electrons. The van der Waals surface area contributed by atoms with Gasteiger partial charge in [-0.1, -0.05) is 38.1 Å². The maximum atomic E-state index is 12.8. The van der Waals surface area contributed by atoms with Crippen molar-refractivity contribution in [1.82, 2.24) is 10.3 Å². The Morgan fingerprint density at radius 2 is 1.81 bits per heavy atom. The number of hydrogen-bond acceptors (Lipinski definition) is 6. The quantitative estimate of drug-likeness (QED) is 0.380. The number of nitrogens with zero attached hydrogens (tertiary/aromatic N) is 2. The molecule has 2 aromatic carbocycles. The minimum atomic E-state index is -1.02. The number of carbonyl (C=O) groups excluding carboxylic acids is 1. The Kier molecular flexibility index (Phi) is 8.69. The summed E-state index contributed by atoms with van der Waals surface area (Å²) < 4.78 is 11.6. The Hall–Kier alpha value is -3.55. The van der Waals surface area contributed by atoms with Crippen LogP contribution in [0, 0.1) is 17.8 Å². The number of carbonyl (C=O) groups is 2. The zero-order valence-electron chi connectivity index (χ0n) is 21.9. The molecule has 2 N–H and O–H groups in total. The topological polar surface area (TPSA) is 105 Å². The smallest absolute Gasteiger partial charge is 0.326 e. The lowest BCUT2D eigenvalue weighted by Crippen LogP contribution is -2.45. The molecule has 0 bridgehead atoms. The SMILES string of the molecule is CC(C)C1CCC(C(=O)N[C@@H](Cc2ccc(OCCN(C)c3nc4ccccc4o3)cc2)C(=O)O)CC1. The van der Waals surface area contributed by atoms with Gasteiger partial charge in [0.15, 0.2) is 5.58 Å². The highest BCUT2D eigenvalue weighted by Crippen LogP contribution is 2.33. The van der Waals surface area contributed by atoms with E-state index in [1.54, 1.807) is 0 Å². The van der Waals surface area contributed by atoms with E-state index in [1.165, 1.54) is 0 Å². The number of para-hydroxylation sites is 2. The molecule has 198 valence electrons. The van der Waals surface area contributed by atoms with Crippen LogP contribution in [0.1, 0.15) is 45.1 Å². The van der Waals surface area contributed by atoms with E-state index in [0.717, 1.165) is 42.3 Å². The fourth-order valence-electron chi connectivity index (χ4n) is 4.91. The van der Waals surface area contributed by atoms with Gasteiger partial charge in [-0.05, 0) is 67.3 Å². The molecule has 37 heavy (non-hydrogen) atoms. The van der Waals surface area contributed by atoms with Gasteiger partial charge in [0, 0.05) is 19.4 Å². The van der Waals surface area contributed by atoms with Gasteiger partial charge >= 0.3 is 5.97 Å². The van der Waals surface area contributed by atoms with Crippen molar-refractivity contribution in [2.75, 3.05) is 25.1 Å². The number of fused-ring (bicyclic) bond motifs is 1. The van der Waals surface area contributed by atoms with Gasteiger partial charge in [-0.25, -0.2) is 4.79 Å². The Bertz CT molecular complexity index is 1150. The third-order valence-electron chi connectivity index (χ3n) is 7.37. The van der Waals surface area contributed by atoms with Crippen LogP contribution in [0.15, 0.2) is 52.9 Å². The number of aliphatic carboxylic acids is 1. The minimum absolute atomic E-state index is 0.0967. The summed E-state index contributed by atoms with van der Waals surface area (Å²) in [7, 11) is 1.90. The van der Waals surface area contributed by atoms with Crippen LogP contribution in [0.4, 0.5) is 6.01 Å². The second-order valence-corrected chi connectivity index (χ2v) is 10.3. The number of carboxylic acids is 1. The first-order chi connectivity index (χ1) is 17.8. The molecular weight excluding hydrogens is 470 g/mol. The normalized spacial score (nSPS) is 18.5. The van der Waals surface area contributed by atoms with Gasteiger partial charge in [0.05, 0.1) is 6.54 Å². The van der Waals surface area contributed by atoms with Gasteiger partial charge in [0.25, 0.3) is 6.01 Å². The molecule has 8 nitrogen and oxygen atoms in total. The number of aromatic nitrogens is 1. The molecule has 8 heteroatoms. The molecule has 3 aromatic rings. The average Bonchev–Trinajstić information content (AvgIpc) is 3.34. The van der Waals surface area contributed by atoms with Crippen molar-refractivity contribution in [3.8, 4) is 5.75 Å². The molecular formula is C29H37N3O5. The summed E-state index contributed by atoms with van der Waals surface area (Å²) in [5.74, 6) is 0.706. The molecule has 0 saturated heterocycles. The molecule has 1 aromatic heterocycles. The van der Waals surface area contributed by atoms with Crippen molar-refractivity contribution < 1.29 is 23.8 Å². The van der Waals surface area contributed by atoms with Crippen LogP contribution in [-0.4, -0.2) is 48.2 Å². The first-order valence-electron chi connectivity index (χ1n) is 13.1. The summed E-state index contributed by atoms with van der Waals surface area (Å²) in [5, 5.41) is 12.5. The molecule has 1 aliphatic rings. The number of benzene rings is 2. The largest absolute Gasteiger partial charge is 0.492 e. The number of carboxylic acid groups (broad SMARTS) is 1. The molecule has 1 fully saturated rings. The number of hydrogen-bond donors (Lipinski definition) is 2. The lowest BCUT2D eigenvalue weighted by atomic mass is 9.76. The molecule has 0 aliphatic heterocycles. The van der Waals surface area contributed by atoms with E-state index in [0.29, 0.717) is 36.8 Å². The Morgan fingerprint density at radius 3 is 2.46 bits per heavy atom. The van der Waals surface area contributed by atoms with Gasteiger partial charge in [-0.2, -0.15) is 4.98 Å². The lowest BCUT2D eigenvalue weighted by Gasteiger charge is -2.30. The monoisotopic (exact) mass is 507 g/mol. The summed E-state index contributed by atoms with van der Waals surface area (Å²) in [6.07, 6.45) is 3.94. The van der Waals surface area contributed by atoms with Crippen molar-refractivity contribution in [1.29, 1.82) is 0 Å². The summed E-state index contributed by atoms with van der Waals surface area (Å²) in [6.45, 7) is 5.46. The van der Waals surface area contributed by atoms with Crippen molar-refractivity contribution in [3.05, 3.63) is 54.1 Å². The van der Waals surface area contributed by atoms with Crippen LogP contribution >= 0.6 is 0 Å². The predicted molar refractivity (Wildman–Crippen MR) is 143 cm³/mol. The van der Waals surface area contributed by atoms with Gasteiger partial charge in [0.2, 0.25) is 5.91 Å². The maximum absolute atomic E-state index is 12.8. The van der Waals surface area contributed by atoms with Crippen LogP contribution in [0.25, 0.3) is 11.1 Å². The molecule has 0 spiro atoms. The highest BCUT2D eigenvalue weighted by Gasteiger charge is 2.30. The van der Waals surface area contributed by atoms with Crippen molar-refractivity contribution >= 4 is 29.0 Å². The van der Waals surface area contributed by atoms with Gasteiger partial charge in [-0.3, -0.25) is 4.79 Å². The summed E-state index contributed by atoms with van der Waals surface area (Å²) >= 11 is 0. The molecule has 1 amide bonds. The van der Waals surface area contributed by atoms with Gasteiger partial charge < -0.3 is 24.5 Å². The van der Waals surface area contributed by atoms with Crippen LogP contribution in [-0.2, 0) is 16.0 Å². The van der Waals surface area contributed by atoms with Gasteiger partial charge in [-0.15, -0.1) is 0 Å². The Balaban J connectivity index is 1.24. The molecule has 1 saturated carbocycles. The number of likely N-dealkylation sites (N-methyl/N-ethyl adjacent to an activating group) is 1. The number of ether oxygens (including phenoxy) is 1. The average molecular weight is 508 g/mol. The molecule has 1 aliphatic carbocycles. The second kappa shape index (κ2) is 12.1. The zero-order chi connectivity index (χ0) is 26.4. The van der Waals surface area contributed by atoms with E-state index in [4.69, 9.17) is 9.15 Å². The fraction of sp³-hybridized carbons (Fsp3) is 0.483. The van der Waals surface area contributed by atoms with E-state index >= 15 is 0 Å². The van der Waals surface area contributed by atoms with Crippen LogP contribution in [0.3, 0.4) is 0 Å². The zero-order valence-corrected chi connectivity index (χ0v) is 21.9. The summed E-state index contributed by atoms with van der Waals surface area (Å²) in [6, 6.07) is 14.5. The number of anilines is 1. The van der Waals surface area contributed by atoms with E-state index in [9.17, 15) is 14.7 Å². The Labute approximate surface area is 218 Å². The highest BCUT2D eigenvalue weighted by atomic mass is 16.5. The summed E-state index contributed by atoms with van der Waals surface area (Å²) in [4.78, 5) is 31.0. The predicted octanol–water partition coefficient (Wildman–Crippen LogP) is 4.92. The highest BCUT2D eigenvalue weighted by molar-refractivity contribution is 5.85. The number of rotatable bonds is 11. The lowest BCUT2D eigenvalue weighted by molar-refractivity contribution is -0.142. The summed E-state index contributed by atoms with van der Waals surface area (Å²) in [5.41, 5.74) is 2.39. The van der Waals surface area contributed by atoms with Crippen LogP contribution in [0.5, 0.6) is 5.75 Å². The molecule has 1 atom stereocenters. The molecule has 0 unspecified atom stereocenters. The van der Waals surface area contributed by atoms with Crippen molar-refractivity contribution in [2.24, 2.45) is 17.8 Å². The third kappa shape index (κ3) is 7.02. The van der Waals surface area contributed by atoms with Crippen LogP contribution < -0.4 is 15.0 Å². The minimum Gasteiger partial charge on any atom is -0.492 e. The first kappa shape index (κ1) is 26.5. The Morgan fingerprint density at radius 1 is 1.11 bits per heavy atom. The third-order valence-corrected chi connectivity index (χ3v) is 7.37. The first-order valence-corrected chi connectivity index (χ1v) is 13.1.